The molecule has 246 valence electrons. The van der Waals surface area contributed by atoms with Crippen molar-refractivity contribution in [2.75, 3.05) is 20.8 Å². The van der Waals surface area contributed by atoms with Crippen molar-refractivity contribution in [2.45, 2.75) is 46.4 Å². The van der Waals surface area contributed by atoms with Crippen molar-refractivity contribution in [1.29, 1.82) is 0 Å². The number of carbonyl (C=O) groups excluding carboxylic acids is 1. The second-order valence-corrected chi connectivity index (χ2v) is 12.7. The highest BCUT2D eigenvalue weighted by atomic mass is 79.9. The third-order valence-corrected chi connectivity index (χ3v) is 8.91. The van der Waals surface area contributed by atoms with Gasteiger partial charge >= 0.3 is 5.97 Å². The number of ether oxygens (including phenoxy) is 5. The van der Waals surface area contributed by atoms with Crippen LogP contribution in [0.1, 0.15) is 50.4 Å². The summed E-state index contributed by atoms with van der Waals surface area (Å²) in [7, 11) is 3.05. The normalized spacial score (nSPS) is 14.5. The predicted octanol–water partition coefficient (Wildman–Crippen LogP) is 6.08. The van der Waals surface area contributed by atoms with Gasteiger partial charge in [-0.1, -0.05) is 45.5 Å². The Balaban J connectivity index is 1.60. The number of halogens is 2. The van der Waals surface area contributed by atoms with E-state index in [1.54, 1.807) is 56.3 Å². The van der Waals surface area contributed by atoms with Gasteiger partial charge in [0.2, 0.25) is 0 Å². The number of carbonyl (C=O) groups is 1. The van der Waals surface area contributed by atoms with E-state index in [2.05, 4.69) is 20.9 Å². The first kappa shape index (κ1) is 33.9. The summed E-state index contributed by atoms with van der Waals surface area (Å²) in [6.45, 7) is 7.58. The maximum Gasteiger partial charge on any atom is 0.338 e. The van der Waals surface area contributed by atoms with Gasteiger partial charge in [-0.2, -0.15) is 0 Å². The van der Waals surface area contributed by atoms with Gasteiger partial charge in [-0.05, 0) is 86.9 Å². The average Bonchev–Trinajstić information content (AvgIpc) is 3.34. The van der Waals surface area contributed by atoms with E-state index < -0.39 is 12.0 Å². The minimum Gasteiger partial charge on any atom is -0.493 e. The van der Waals surface area contributed by atoms with Crippen LogP contribution in [0.15, 0.2) is 80.1 Å². The third kappa shape index (κ3) is 7.28. The first-order chi connectivity index (χ1) is 22.5. The van der Waals surface area contributed by atoms with Gasteiger partial charge in [0, 0.05) is 4.47 Å². The molecule has 1 aromatic heterocycles. The highest BCUT2D eigenvalue weighted by Gasteiger charge is 2.34. The summed E-state index contributed by atoms with van der Waals surface area (Å²) in [5, 5.41) is 0. The van der Waals surface area contributed by atoms with Gasteiger partial charge in [-0.3, -0.25) is 9.36 Å². The van der Waals surface area contributed by atoms with E-state index in [0.29, 0.717) is 59.2 Å². The van der Waals surface area contributed by atoms with Gasteiger partial charge in [-0.25, -0.2) is 14.2 Å². The van der Waals surface area contributed by atoms with Crippen molar-refractivity contribution in [1.82, 2.24) is 4.57 Å². The Morgan fingerprint density at radius 2 is 1.81 bits per heavy atom. The molecule has 0 saturated carbocycles. The number of allylic oxidation sites excluding steroid dienone is 1. The van der Waals surface area contributed by atoms with Crippen LogP contribution >= 0.6 is 27.3 Å². The fourth-order valence-corrected chi connectivity index (χ4v) is 6.65. The Hall–Kier alpha value is -4.42. The molecular weight excluding hydrogens is 691 g/mol. The summed E-state index contributed by atoms with van der Waals surface area (Å²) in [4.78, 5) is 32.6. The molecule has 1 aliphatic rings. The van der Waals surface area contributed by atoms with Crippen LogP contribution in [0, 0.1) is 5.82 Å². The number of nitrogens with zero attached hydrogens (tertiary/aromatic N) is 2. The number of aromatic nitrogens is 1. The van der Waals surface area contributed by atoms with E-state index in [4.69, 9.17) is 23.7 Å². The zero-order valence-electron chi connectivity index (χ0n) is 26.8. The van der Waals surface area contributed by atoms with Crippen molar-refractivity contribution in [3.05, 3.63) is 113 Å². The minimum atomic E-state index is -0.828. The summed E-state index contributed by atoms with van der Waals surface area (Å²) in [5.74, 6) is 0.967. The van der Waals surface area contributed by atoms with Crippen molar-refractivity contribution in [2.24, 2.45) is 4.99 Å². The number of thiazole rings is 1. The topological polar surface area (TPSA) is 97.6 Å². The zero-order chi connectivity index (χ0) is 33.8. The third-order valence-electron chi connectivity index (χ3n) is 7.24. The number of fused-ring (bicyclic) bond motifs is 1. The Morgan fingerprint density at radius 1 is 1.06 bits per heavy atom. The van der Waals surface area contributed by atoms with Gasteiger partial charge in [0.05, 0.1) is 48.8 Å². The molecule has 0 unspecified atom stereocenters. The van der Waals surface area contributed by atoms with Crippen LogP contribution in [-0.4, -0.2) is 37.5 Å². The van der Waals surface area contributed by atoms with E-state index in [1.165, 1.54) is 42.3 Å². The lowest BCUT2D eigenvalue weighted by Gasteiger charge is -2.25. The number of esters is 1. The maximum atomic E-state index is 14.2. The number of benzene rings is 3. The van der Waals surface area contributed by atoms with E-state index in [-0.39, 0.29) is 36.3 Å². The lowest BCUT2D eigenvalue weighted by Crippen LogP contribution is -2.40. The zero-order valence-corrected chi connectivity index (χ0v) is 29.2. The van der Waals surface area contributed by atoms with Crippen LogP contribution in [0.4, 0.5) is 4.39 Å². The van der Waals surface area contributed by atoms with Crippen molar-refractivity contribution >= 4 is 39.3 Å². The second-order valence-electron chi connectivity index (χ2n) is 10.8. The maximum absolute atomic E-state index is 14.2. The standard InChI is InChI=1S/C35H34BrFN2O7S/c1-7-44-34(41)31-20(4)38-35-39(32(31)22-11-12-26(46-19(2)3)27(14-22)42-5)33(40)30(47-35)16-23-15-28(43-6)29(17-25(23)36)45-18-21-9-8-10-24(37)13-21/h8-17,19,32H,7,18H2,1-6H3/b30-16-/t32-/m0/s1. The lowest BCUT2D eigenvalue weighted by molar-refractivity contribution is -0.139. The lowest BCUT2D eigenvalue weighted by atomic mass is 9.95. The Kier molecular flexibility index (Phi) is 10.5. The number of hydrogen-bond donors (Lipinski definition) is 0. The highest BCUT2D eigenvalue weighted by Crippen LogP contribution is 2.37. The molecule has 0 bridgehead atoms. The Labute approximate surface area is 283 Å². The monoisotopic (exact) mass is 724 g/mol. The SMILES string of the molecule is CCOC(=O)C1=C(C)N=c2s/c(=C\c3cc(OC)c(OCc4cccc(F)c4)cc3Br)c(=O)n2[C@H]1c1ccc(OC(C)C)c(OC)c1. The molecule has 1 atom stereocenters. The van der Waals surface area contributed by atoms with Crippen LogP contribution in [0.25, 0.3) is 6.08 Å². The van der Waals surface area contributed by atoms with Gasteiger partial charge in [0.15, 0.2) is 27.8 Å². The molecule has 0 aliphatic carbocycles. The highest BCUT2D eigenvalue weighted by molar-refractivity contribution is 9.10. The van der Waals surface area contributed by atoms with Gasteiger partial charge in [-0.15, -0.1) is 0 Å². The molecule has 2 heterocycles. The molecule has 4 aromatic rings. The Bertz CT molecular complexity index is 2040. The molecule has 0 saturated heterocycles. The second kappa shape index (κ2) is 14.6. The van der Waals surface area contributed by atoms with Crippen LogP contribution in [-0.2, 0) is 16.1 Å². The van der Waals surface area contributed by atoms with Crippen LogP contribution in [0.3, 0.4) is 0 Å². The van der Waals surface area contributed by atoms with Gasteiger partial charge < -0.3 is 23.7 Å². The van der Waals surface area contributed by atoms with E-state index >= 15 is 0 Å². The molecule has 3 aromatic carbocycles. The van der Waals surface area contributed by atoms with Gasteiger partial charge in [0.1, 0.15) is 12.4 Å². The molecule has 9 nitrogen and oxygen atoms in total. The molecular formula is C35H34BrFN2O7S. The molecule has 0 N–H and O–H groups in total. The first-order valence-corrected chi connectivity index (χ1v) is 16.4. The minimum absolute atomic E-state index is 0.0864. The van der Waals surface area contributed by atoms with Crippen molar-refractivity contribution < 1.29 is 32.9 Å². The molecule has 5 rings (SSSR count). The Morgan fingerprint density at radius 3 is 2.49 bits per heavy atom. The molecule has 0 spiro atoms. The molecule has 47 heavy (non-hydrogen) atoms. The van der Waals surface area contributed by atoms with Crippen LogP contribution < -0.4 is 33.8 Å². The summed E-state index contributed by atoms with van der Waals surface area (Å²) >= 11 is 4.80. The van der Waals surface area contributed by atoms with E-state index in [9.17, 15) is 14.0 Å². The van der Waals surface area contributed by atoms with E-state index in [0.717, 1.165) is 0 Å². The van der Waals surface area contributed by atoms with Gasteiger partial charge in [0.25, 0.3) is 5.56 Å². The summed E-state index contributed by atoms with van der Waals surface area (Å²) in [6.07, 6.45) is 1.64. The molecule has 1 aliphatic heterocycles. The average molecular weight is 726 g/mol. The number of methoxy groups -OCH3 is 2. The van der Waals surface area contributed by atoms with Crippen LogP contribution in [0.5, 0.6) is 23.0 Å². The fourth-order valence-electron chi connectivity index (χ4n) is 5.18. The molecule has 0 radical (unpaired) electrons. The van der Waals surface area contributed by atoms with E-state index in [1.807, 2.05) is 19.9 Å². The first-order valence-electron chi connectivity index (χ1n) is 14.8. The molecule has 0 amide bonds. The van der Waals surface area contributed by atoms with Crippen LogP contribution in [0.2, 0.25) is 0 Å². The van der Waals surface area contributed by atoms with Crippen molar-refractivity contribution in [3.8, 4) is 23.0 Å². The quantitative estimate of drug-likeness (QED) is 0.173. The van der Waals surface area contributed by atoms with Crippen molar-refractivity contribution in [3.63, 3.8) is 0 Å². The largest absolute Gasteiger partial charge is 0.493 e. The molecule has 0 fully saturated rings. The summed E-state index contributed by atoms with van der Waals surface area (Å²) in [5.41, 5.74) is 2.32. The smallest absolute Gasteiger partial charge is 0.338 e. The summed E-state index contributed by atoms with van der Waals surface area (Å²) < 4.78 is 44.7. The number of hydrogen-bond acceptors (Lipinski definition) is 9. The summed E-state index contributed by atoms with van der Waals surface area (Å²) in [6, 6.07) is 14.2. The molecule has 12 heteroatoms. The number of rotatable bonds is 11. The predicted molar refractivity (Wildman–Crippen MR) is 181 cm³/mol. The fraction of sp³-hybridized carbons (Fsp3) is 0.286.